The quantitative estimate of drug-likeness (QED) is 0.731. The molecular formula is C25H31N5O3. The van der Waals surface area contributed by atoms with Crippen molar-refractivity contribution in [3.8, 4) is 0 Å². The lowest BCUT2D eigenvalue weighted by Gasteiger charge is -2.36. The van der Waals surface area contributed by atoms with E-state index < -0.39 is 0 Å². The molecule has 8 heteroatoms. The molecule has 4 rings (SSSR count). The summed E-state index contributed by atoms with van der Waals surface area (Å²) in [5, 5.41) is 2.60. The van der Waals surface area contributed by atoms with Crippen LogP contribution in [0.3, 0.4) is 0 Å². The number of carbonyl (C=O) groups is 3. The van der Waals surface area contributed by atoms with Crippen molar-refractivity contribution in [3.63, 3.8) is 0 Å². The molecule has 1 saturated heterocycles. The molecule has 2 aliphatic heterocycles. The van der Waals surface area contributed by atoms with E-state index in [-0.39, 0.29) is 30.3 Å². The zero-order chi connectivity index (χ0) is 23.4. The van der Waals surface area contributed by atoms with Gasteiger partial charge in [-0.05, 0) is 44.6 Å². The molecule has 1 N–H and O–H groups in total. The van der Waals surface area contributed by atoms with Gasteiger partial charge in [0.2, 0.25) is 17.7 Å². The van der Waals surface area contributed by atoms with E-state index in [0.717, 1.165) is 36.9 Å². The number of anilines is 1. The number of carbonyl (C=O) groups excluding carboxylic acids is 3. The van der Waals surface area contributed by atoms with Gasteiger partial charge in [0.1, 0.15) is 5.82 Å². The van der Waals surface area contributed by atoms with E-state index in [0.29, 0.717) is 37.6 Å². The first-order valence-electron chi connectivity index (χ1n) is 11.7. The summed E-state index contributed by atoms with van der Waals surface area (Å²) in [5.41, 5.74) is 3.05. The predicted molar refractivity (Wildman–Crippen MR) is 125 cm³/mol. The molecule has 2 aliphatic rings. The summed E-state index contributed by atoms with van der Waals surface area (Å²) in [4.78, 5) is 50.2. The zero-order valence-corrected chi connectivity index (χ0v) is 19.3. The van der Waals surface area contributed by atoms with Crippen molar-refractivity contribution in [1.29, 1.82) is 0 Å². The molecule has 0 aliphatic carbocycles. The molecule has 1 aromatic carbocycles. The van der Waals surface area contributed by atoms with E-state index >= 15 is 0 Å². The Morgan fingerprint density at radius 3 is 2.67 bits per heavy atom. The van der Waals surface area contributed by atoms with Gasteiger partial charge in [-0.3, -0.25) is 19.3 Å². The SMILES string of the molecule is CC(=O)NCC(=O)N1CCCC[C@H]1c1nc(C)c2c(n1)N(CCc1ccccc1)C(=O)CC2. The van der Waals surface area contributed by atoms with E-state index in [4.69, 9.17) is 9.97 Å². The number of hydrogen-bond acceptors (Lipinski definition) is 5. The highest BCUT2D eigenvalue weighted by atomic mass is 16.2. The molecule has 3 heterocycles. The third-order valence-corrected chi connectivity index (χ3v) is 6.43. The number of piperidine rings is 1. The molecule has 1 aromatic heterocycles. The summed E-state index contributed by atoms with van der Waals surface area (Å²) in [7, 11) is 0. The second-order valence-electron chi connectivity index (χ2n) is 8.76. The van der Waals surface area contributed by atoms with Crippen LogP contribution in [0, 0.1) is 6.92 Å². The number of rotatable bonds is 6. The van der Waals surface area contributed by atoms with Gasteiger partial charge >= 0.3 is 0 Å². The Labute approximate surface area is 194 Å². The Bertz CT molecular complexity index is 1040. The number of nitrogens with one attached hydrogen (secondary N) is 1. The van der Waals surface area contributed by atoms with Gasteiger partial charge in [0, 0.05) is 37.7 Å². The molecule has 0 spiro atoms. The maximum Gasteiger partial charge on any atom is 0.242 e. The molecule has 3 amide bonds. The standard InChI is InChI=1S/C25H31N5O3/c1-17-20-11-12-22(32)30(15-13-19-8-4-3-5-9-19)25(20)28-24(27-17)21-10-6-7-14-29(21)23(33)16-26-18(2)31/h3-5,8-9,21H,6-7,10-16H2,1-2H3,(H,26,31)/t21-/m0/s1. The summed E-state index contributed by atoms with van der Waals surface area (Å²) in [6, 6.07) is 9.86. The molecule has 33 heavy (non-hydrogen) atoms. The number of benzene rings is 1. The highest BCUT2D eigenvalue weighted by molar-refractivity contribution is 5.95. The summed E-state index contributed by atoms with van der Waals surface area (Å²) < 4.78 is 0. The summed E-state index contributed by atoms with van der Waals surface area (Å²) in [5.74, 6) is 0.979. The molecule has 0 saturated carbocycles. The van der Waals surface area contributed by atoms with E-state index in [1.165, 1.54) is 12.5 Å². The minimum absolute atomic E-state index is 0.0303. The number of aryl methyl sites for hydroxylation is 1. The molecule has 0 radical (unpaired) electrons. The second kappa shape index (κ2) is 10.1. The third-order valence-electron chi connectivity index (χ3n) is 6.43. The lowest BCUT2D eigenvalue weighted by Crippen LogP contribution is -2.45. The van der Waals surface area contributed by atoms with Crippen molar-refractivity contribution in [1.82, 2.24) is 20.2 Å². The van der Waals surface area contributed by atoms with Crippen LogP contribution in [-0.4, -0.2) is 52.2 Å². The van der Waals surface area contributed by atoms with Crippen molar-refractivity contribution in [2.45, 2.75) is 58.4 Å². The van der Waals surface area contributed by atoms with Crippen LogP contribution in [0.2, 0.25) is 0 Å². The van der Waals surface area contributed by atoms with E-state index in [9.17, 15) is 14.4 Å². The lowest BCUT2D eigenvalue weighted by atomic mass is 9.99. The predicted octanol–water partition coefficient (Wildman–Crippen LogP) is 2.50. The molecule has 174 valence electrons. The van der Waals surface area contributed by atoms with Gasteiger partial charge in [-0.25, -0.2) is 9.97 Å². The number of nitrogens with zero attached hydrogens (tertiary/aromatic N) is 4. The molecular weight excluding hydrogens is 418 g/mol. The van der Waals surface area contributed by atoms with Gasteiger partial charge in [-0.2, -0.15) is 0 Å². The van der Waals surface area contributed by atoms with Gasteiger partial charge < -0.3 is 10.2 Å². The van der Waals surface area contributed by atoms with Crippen molar-refractivity contribution < 1.29 is 14.4 Å². The second-order valence-corrected chi connectivity index (χ2v) is 8.76. The Kier molecular flexibility index (Phi) is 7.01. The van der Waals surface area contributed by atoms with Crippen LogP contribution in [-0.2, 0) is 27.2 Å². The maximum atomic E-state index is 12.9. The van der Waals surface area contributed by atoms with Gasteiger partial charge in [-0.1, -0.05) is 30.3 Å². The topological polar surface area (TPSA) is 95.5 Å². The Balaban J connectivity index is 1.61. The van der Waals surface area contributed by atoms with Crippen molar-refractivity contribution >= 4 is 23.5 Å². The molecule has 1 atom stereocenters. The Morgan fingerprint density at radius 1 is 1.12 bits per heavy atom. The van der Waals surface area contributed by atoms with Crippen LogP contribution in [0.1, 0.15) is 61.3 Å². The first kappa shape index (κ1) is 22.9. The number of likely N-dealkylation sites (tertiary alicyclic amines) is 1. The number of amides is 3. The van der Waals surface area contributed by atoms with Crippen LogP contribution in [0.5, 0.6) is 0 Å². The maximum absolute atomic E-state index is 12.9. The van der Waals surface area contributed by atoms with Crippen LogP contribution in [0.15, 0.2) is 30.3 Å². The first-order chi connectivity index (χ1) is 15.9. The Morgan fingerprint density at radius 2 is 1.91 bits per heavy atom. The smallest absolute Gasteiger partial charge is 0.242 e. The zero-order valence-electron chi connectivity index (χ0n) is 19.3. The van der Waals surface area contributed by atoms with Crippen molar-refractivity contribution in [3.05, 3.63) is 53.0 Å². The number of hydrogen-bond donors (Lipinski definition) is 1. The average molecular weight is 450 g/mol. The lowest BCUT2D eigenvalue weighted by molar-refractivity contribution is -0.136. The minimum atomic E-state index is -0.253. The van der Waals surface area contributed by atoms with Crippen LogP contribution >= 0.6 is 0 Å². The molecule has 1 fully saturated rings. The number of fused-ring (bicyclic) bond motifs is 1. The summed E-state index contributed by atoms with van der Waals surface area (Å²) in [6.07, 6.45) is 4.49. The fourth-order valence-electron chi connectivity index (χ4n) is 4.67. The molecule has 0 bridgehead atoms. The molecule has 8 nitrogen and oxygen atoms in total. The summed E-state index contributed by atoms with van der Waals surface area (Å²) >= 11 is 0. The van der Waals surface area contributed by atoms with Gasteiger partial charge in [0.25, 0.3) is 0 Å². The van der Waals surface area contributed by atoms with Gasteiger partial charge in [-0.15, -0.1) is 0 Å². The van der Waals surface area contributed by atoms with Gasteiger partial charge in [0.15, 0.2) is 5.82 Å². The highest BCUT2D eigenvalue weighted by Crippen LogP contribution is 2.34. The fourth-order valence-corrected chi connectivity index (χ4v) is 4.67. The fraction of sp³-hybridized carbons (Fsp3) is 0.480. The van der Waals surface area contributed by atoms with Crippen LogP contribution < -0.4 is 10.2 Å². The monoisotopic (exact) mass is 449 g/mol. The minimum Gasteiger partial charge on any atom is -0.347 e. The van der Waals surface area contributed by atoms with E-state index in [1.807, 2.05) is 25.1 Å². The van der Waals surface area contributed by atoms with Crippen LogP contribution in [0.4, 0.5) is 5.82 Å². The molecule has 0 unspecified atom stereocenters. The largest absolute Gasteiger partial charge is 0.347 e. The third kappa shape index (κ3) is 5.21. The Hall–Kier alpha value is -3.29. The number of aromatic nitrogens is 2. The van der Waals surface area contributed by atoms with E-state index in [2.05, 4.69) is 17.4 Å². The van der Waals surface area contributed by atoms with Crippen LogP contribution in [0.25, 0.3) is 0 Å². The van der Waals surface area contributed by atoms with Crippen molar-refractivity contribution in [2.75, 3.05) is 24.5 Å². The average Bonchev–Trinajstić information content (AvgIpc) is 2.82. The van der Waals surface area contributed by atoms with E-state index in [1.54, 1.807) is 9.80 Å². The van der Waals surface area contributed by atoms with Crippen molar-refractivity contribution in [2.24, 2.45) is 0 Å². The molecule has 2 aromatic rings. The highest BCUT2D eigenvalue weighted by Gasteiger charge is 2.33. The van der Waals surface area contributed by atoms with Gasteiger partial charge in [0.05, 0.1) is 12.6 Å². The first-order valence-corrected chi connectivity index (χ1v) is 11.7. The normalized spacial score (nSPS) is 18.1. The summed E-state index contributed by atoms with van der Waals surface area (Å²) in [6.45, 7) is 4.50.